The van der Waals surface area contributed by atoms with Gasteiger partial charge in [0.15, 0.2) is 5.96 Å². The number of nitrogens with zero attached hydrogens (tertiary/aromatic N) is 1. The number of benzene rings is 1. The van der Waals surface area contributed by atoms with Gasteiger partial charge in [0.1, 0.15) is 5.75 Å². The number of rotatable bonds is 8. The summed E-state index contributed by atoms with van der Waals surface area (Å²) in [5.41, 5.74) is 1.02. The summed E-state index contributed by atoms with van der Waals surface area (Å²) in [7, 11) is 3.33. The fourth-order valence-corrected chi connectivity index (χ4v) is 3.57. The Morgan fingerprint density at radius 3 is 2.46 bits per heavy atom. The average Bonchev–Trinajstić information content (AvgIpc) is 3.08. The number of ether oxygens (including phenoxy) is 1. The molecule has 0 saturated carbocycles. The number of halogens is 1. The van der Waals surface area contributed by atoms with Crippen molar-refractivity contribution in [2.24, 2.45) is 4.99 Å². The minimum atomic E-state index is -0.0877. The summed E-state index contributed by atoms with van der Waals surface area (Å²) in [5.74, 6) is 1.33. The Kier molecular flexibility index (Phi) is 10.9. The number of amides is 1. The highest BCUT2D eigenvalue weighted by Crippen LogP contribution is 2.16. The third-order valence-electron chi connectivity index (χ3n) is 3.98. The highest BCUT2D eigenvalue weighted by atomic mass is 127. The third kappa shape index (κ3) is 8.47. The van der Waals surface area contributed by atoms with Crippen molar-refractivity contribution in [1.29, 1.82) is 0 Å². The molecule has 0 bridgehead atoms. The molecule has 1 aromatic carbocycles. The monoisotopic (exact) mass is 516 g/mol. The Morgan fingerprint density at radius 2 is 1.89 bits per heavy atom. The van der Waals surface area contributed by atoms with Crippen LogP contribution in [0.15, 0.2) is 41.4 Å². The first-order valence-electron chi connectivity index (χ1n) is 8.92. The summed E-state index contributed by atoms with van der Waals surface area (Å²) in [4.78, 5) is 18.9. The Morgan fingerprint density at radius 1 is 1.18 bits per heavy atom. The van der Waals surface area contributed by atoms with Gasteiger partial charge in [0.2, 0.25) is 5.91 Å². The number of thiophene rings is 1. The van der Waals surface area contributed by atoms with Crippen LogP contribution < -0.4 is 20.7 Å². The molecule has 0 aliphatic rings. The number of carbonyl (C=O) groups is 1. The predicted molar refractivity (Wildman–Crippen MR) is 127 cm³/mol. The molecule has 1 aromatic heterocycles. The lowest BCUT2D eigenvalue weighted by Crippen LogP contribution is -2.46. The number of aliphatic imine (C=N–C) groups is 1. The van der Waals surface area contributed by atoms with Gasteiger partial charge in [-0.15, -0.1) is 35.3 Å². The molecule has 1 heterocycles. The summed E-state index contributed by atoms with van der Waals surface area (Å²) >= 11 is 1.80. The molecule has 0 saturated heterocycles. The van der Waals surface area contributed by atoms with Crippen molar-refractivity contribution in [2.45, 2.75) is 32.9 Å². The van der Waals surface area contributed by atoms with Crippen molar-refractivity contribution in [3.05, 3.63) is 51.7 Å². The minimum Gasteiger partial charge on any atom is -0.497 e. The normalized spacial score (nSPS) is 11.9. The predicted octanol–water partition coefficient (Wildman–Crippen LogP) is 3.10. The molecule has 0 radical (unpaired) electrons. The lowest BCUT2D eigenvalue weighted by atomic mass is 10.2. The molecule has 0 aliphatic carbocycles. The molecule has 2 rings (SSSR count). The van der Waals surface area contributed by atoms with E-state index >= 15 is 0 Å². The molecule has 3 N–H and O–H groups in total. The maximum atomic E-state index is 12.1. The van der Waals surface area contributed by atoms with E-state index in [1.807, 2.05) is 24.3 Å². The molecule has 0 aliphatic heterocycles. The average molecular weight is 516 g/mol. The second kappa shape index (κ2) is 12.6. The van der Waals surface area contributed by atoms with Gasteiger partial charge in [-0.3, -0.25) is 9.79 Å². The SMILES string of the molecule is CN=C(NCC(=O)NCc1ccc(OC)cc1)NC(C)Cc1ccc(C)s1.I. The summed E-state index contributed by atoms with van der Waals surface area (Å²) in [6.07, 6.45) is 0.920. The fraction of sp³-hybridized carbons (Fsp3) is 0.400. The number of hydrogen-bond acceptors (Lipinski definition) is 4. The van der Waals surface area contributed by atoms with Crippen molar-refractivity contribution >= 4 is 47.2 Å². The second-order valence-corrected chi connectivity index (χ2v) is 7.68. The Bertz CT molecular complexity index is 762. The maximum Gasteiger partial charge on any atom is 0.239 e. The quantitative estimate of drug-likeness (QED) is 0.287. The van der Waals surface area contributed by atoms with E-state index in [1.165, 1.54) is 9.75 Å². The van der Waals surface area contributed by atoms with E-state index in [-0.39, 0.29) is 42.5 Å². The van der Waals surface area contributed by atoms with Gasteiger partial charge in [-0.2, -0.15) is 0 Å². The first-order chi connectivity index (χ1) is 13.0. The van der Waals surface area contributed by atoms with Crippen LogP contribution in [0, 0.1) is 6.92 Å². The molecule has 1 amide bonds. The Labute approximate surface area is 188 Å². The Hall–Kier alpha value is -1.81. The largest absolute Gasteiger partial charge is 0.497 e. The van der Waals surface area contributed by atoms with Crippen LogP contribution in [0.1, 0.15) is 22.2 Å². The van der Waals surface area contributed by atoms with Gasteiger partial charge in [0.05, 0.1) is 13.7 Å². The lowest BCUT2D eigenvalue weighted by molar-refractivity contribution is -0.120. The van der Waals surface area contributed by atoms with Crippen LogP contribution in [0.4, 0.5) is 0 Å². The molecule has 154 valence electrons. The van der Waals surface area contributed by atoms with Crippen molar-refractivity contribution in [3.8, 4) is 5.75 Å². The number of carbonyl (C=O) groups excluding carboxylic acids is 1. The number of guanidine groups is 1. The van der Waals surface area contributed by atoms with Gasteiger partial charge in [-0.1, -0.05) is 12.1 Å². The van der Waals surface area contributed by atoms with E-state index in [0.29, 0.717) is 12.5 Å². The van der Waals surface area contributed by atoms with Crippen LogP contribution in [0.5, 0.6) is 5.75 Å². The number of hydrogen-bond donors (Lipinski definition) is 3. The summed E-state index contributed by atoms with van der Waals surface area (Å²) in [6, 6.07) is 12.1. The van der Waals surface area contributed by atoms with E-state index in [1.54, 1.807) is 25.5 Å². The highest BCUT2D eigenvalue weighted by molar-refractivity contribution is 14.0. The van der Waals surface area contributed by atoms with Crippen molar-refractivity contribution < 1.29 is 9.53 Å². The summed E-state index contributed by atoms with van der Waals surface area (Å²) in [5, 5.41) is 9.26. The van der Waals surface area contributed by atoms with Crippen LogP contribution in [0.25, 0.3) is 0 Å². The highest BCUT2D eigenvalue weighted by Gasteiger charge is 2.09. The lowest BCUT2D eigenvalue weighted by Gasteiger charge is -2.17. The van der Waals surface area contributed by atoms with E-state index < -0.39 is 0 Å². The molecule has 0 spiro atoms. The zero-order valence-corrected chi connectivity index (χ0v) is 19.9. The molecular formula is C20H29IN4O2S. The van der Waals surface area contributed by atoms with E-state index in [9.17, 15) is 4.79 Å². The summed E-state index contributed by atoms with van der Waals surface area (Å²) < 4.78 is 5.13. The van der Waals surface area contributed by atoms with Crippen LogP contribution in [0.3, 0.4) is 0 Å². The number of methoxy groups -OCH3 is 1. The topological polar surface area (TPSA) is 74.8 Å². The smallest absolute Gasteiger partial charge is 0.239 e. The number of nitrogens with one attached hydrogen (secondary N) is 3. The second-order valence-electron chi connectivity index (χ2n) is 6.31. The number of aryl methyl sites for hydroxylation is 1. The molecule has 1 atom stereocenters. The summed E-state index contributed by atoms with van der Waals surface area (Å²) in [6.45, 7) is 4.86. The van der Waals surface area contributed by atoms with Crippen LogP contribution in [-0.2, 0) is 17.8 Å². The fourth-order valence-electron chi connectivity index (χ4n) is 2.55. The Balaban J connectivity index is 0.00000392. The van der Waals surface area contributed by atoms with Crippen molar-refractivity contribution in [3.63, 3.8) is 0 Å². The van der Waals surface area contributed by atoms with Crippen molar-refractivity contribution in [2.75, 3.05) is 20.7 Å². The molecule has 28 heavy (non-hydrogen) atoms. The van der Waals surface area contributed by atoms with Crippen LogP contribution in [0.2, 0.25) is 0 Å². The van der Waals surface area contributed by atoms with Gasteiger partial charge in [-0.25, -0.2) is 0 Å². The minimum absolute atomic E-state index is 0. The molecule has 2 aromatic rings. The standard InChI is InChI=1S/C20H28N4O2S.HI/c1-14(11-18-10-5-15(2)27-18)24-20(21-3)23-13-19(25)22-12-16-6-8-17(26-4)9-7-16;/h5-10,14H,11-13H2,1-4H3,(H,22,25)(H2,21,23,24);1H. The molecular weight excluding hydrogens is 487 g/mol. The molecule has 8 heteroatoms. The van der Waals surface area contributed by atoms with Gasteiger partial charge < -0.3 is 20.7 Å². The third-order valence-corrected chi connectivity index (χ3v) is 5.00. The first kappa shape index (κ1) is 24.2. The van der Waals surface area contributed by atoms with E-state index in [0.717, 1.165) is 17.7 Å². The zero-order valence-electron chi connectivity index (χ0n) is 16.7. The van der Waals surface area contributed by atoms with Crippen LogP contribution in [-0.4, -0.2) is 38.6 Å². The van der Waals surface area contributed by atoms with Gasteiger partial charge in [0, 0.05) is 35.8 Å². The van der Waals surface area contributed by atoms with Crippen molar-refractivity contribution in [1.82, 2.24) is 16.0 Å². The molecule has 0 fully saturated rings. The van der Waals surface area contributed by atoms with E-state index in [2.05, 4.69) is 46.9 Å². The molecule has 6 nitrogen and oxygen atoms in total. The first-order valence-corrected chi connectivity index (χ1v) is 9.74. The van der Waals surface area contributed by atoms with Gasteiger partial charge in [-0.05, 0) is 43.7 Å². The van der Waals surface area contributed by atoms with Crippen LogP contribution >= 0.6 is 35.3 Å². The zero-order chi connectivity index (χ0) is 19.6. The maximum absolute atomic E-state index is 12.1. The van der Waals surface area contributed by atoms with E-state index in [4.69, 9.17) is 4.74 Å². The van der Waals surface area contributed by atoms with Gasteiger partial charge in [0.25, 0.3) is 0 Å². The van der Waals surface area contributed by atoms with Gasteiger partial charge >= 0.3 is 0 Å². The molecule has 1 unspecified atom stereocenters.